The third-order valence-electron chi connectivity index (χ3n) is 4.44. The minimum atomic E-state index is -4.68. The number of hydrogen-bond donors (Lipinski definition) is 2. The second-order valence-electron chi connectivity index (χ2n) is 6.59. The monoisotopic (exact) mass is 445 g/mol. The Hall–Kier alpha value is -2.86. The highest BCUT2D eigenvalue weighted by Gasteiger charge is 2.35. The van der Waals surface area contributed by atoms with E-state index in [-0.39, 0.29) is 16.3 Å². The number of halogens is 3. The van der Waals surface area contributed by atoms with E-state index in [4.69, 9.17) is 4.42 Å². The molecule has 1 aromatic heterocycles. The maximum absolute atomic E-state index is 12.6. The molecule has 0 spiro atoms. The largest absolute Gasteiger partial charge is 0.459 e. The zero-order valence-electron chi connectivity index (χ0n) is 15.5. The Balaban J connectivity index is 1.65. The van der Waals surface area contributed by atoms with Gasteiger partial charge >= 0.3 is 6.18 Å². The summed E-state index contributed by atoms with van der Waals surface area (Å²) in [6, 6.07) is 7.02. The van der Waals surface area contributed by atoms with Crippen LogP contribution in [0.25, 0.3) is 0 Å². The van der Waals surface area contributed by atoms with Crippen LogP contribution in [0, 0.1) is 0 Å². The van der Waals surface area contributed by atoms with E-state index >= 15 is 0 Å². The number of nitrogens with zero attached hydrogens (tertiary/aromatic N) is 1. The van der Waals surface area contributed by atoms with E-state index in [1.165, 1.54) is 34.1 Å². The van der Waals surface area contributed by atoms with Crippen LogP contribution in [0.1, 0.15) is 23.4 Å². The number of amides is 2. The minimum Gasteiger partial charge on any atom is -0.459 e. The summed E-state index contributed by atoms with van der Waals surface area (Å²) in [6.45, 7) is -1.30. The third kappa shape index (κ3) is 5.19. The number of likely N-dealkylation sites (tertiary alicyclic amines) is 1. The molecule has 1 saturated heterocycles. The SMILES string of the molecule is O=C(Nc1ccc(S(=O)(=O)NCC(F)(F)F)cc1)C1CCCN1C(=O)c1ccco1. The first-order valence-corrected chi connectivity index (χ1v) is 10.4. The van der Waals surface area contributed by atoms with Crippen molar-refractivity contribution in [1.82, 2.24) is 9.62 Å². The van der Waals surface area contributed by atoms with Gasteiger partial charge in [0.25, 0.3) is 5.91 Å². The molecule has 1 aliphatic rings. The first kappa shape index (κ1) is 21.8. The van der Waals surface area contributed by atoms with Gasteiger partial charge in [-0.3, -0.25) is 9.59 Å². The van der Waals surface area contributed by atoms with Crippen LogP contribution in [0.5, 0.6) is 0 Å². The molecule has 3 rings (SSSR count). The number of nitrogens with one attached hydrogen (secondary N) is 2. The molecule has 12 heteroatoms. The van der Waals surface area contributed by atoms with Crippen molar-refractivity contribution in [3.63, 3.8) is 0 Å². The minimum absolute atomic E-state index is 0.121. The second kappa shape index (κ2) is 8.48. The molecular weight excluding hydrogens is 427 g/mol. The fraction of sp³-hybridized carbons (Fsp3) is 0.333. The van der Waals surface area contributed by atoms with Crippen molar-refractivity contribution < 1.29 is 35.6 Å². The Morgan fingerprint density at radius 2 is 1.87 bits per heavy atom. The van der Waals surface area contributed by atoms with Crippen molar-refractivity contribution in [2.45, 2.75) is 30.0 Å². The van der Waals surface area contributed by atoms with E-state index < -0.39 is 40.6 Å². The maximum atomic E-state index is 12.6. The van der Waals surface area contributed by atoms with Crippen LogP contribution in [-0.2, 0) is 14.8 Å². The Labute approximate surface area is 170 Å². The Morgan fingerprint density at radius 3 is 2.47 bits per heavy atom. The van der Waals surface area contributed by atoms with E-state index in [1.54, 1.807) is 6.07 Å². The van der Waals surface area contributed by atoms with Gasteiger partial charge < -0.3 is 14.6 Å². The molecule has 2 N–H and O–H groups in total. The van der Waals surface area contributed by atoms with Crippen molar-refractivity contribution in [1.29, 1.82) is 0 Å². The van der Waals surface area contributed by atoms with Crippen molar-refractivity contribution in [3.05, 3.63) is 48.4 Å². The Kier molecular flexibility index (Phi) is 6.17. The highest BCUT2D eigenvalue weighted by molar-refractivity contribution is 7.89. The van der Waals surface area contributed by atoms with Gasteiger partial charge in [-0.05, 0) is 49.2 Å². The normalized spacial score (nSPS) is 17.2. The van der Waals surface area contributed by atoms with Crippen molar-refractivity contribution in [3.8, 4) is 0 Å². The van der Waals surface area contributed by atoms with Crippen LogP contribution >= 0.6 is 0 Å². The molecule has 1 aliphatic heterocycles. The summed E-state index contributed by atoms with van der Waals surface area (Å²) in [5.41, 5.74) is 0.243. The number of rotatable bonds is 6. The maximum Gasteiger partial charge on any atom is 0.402 e. The van der Waals surface area contributed by atoms with Crippen LogP contribution in [0.15, 0.2) is 52.0 Å². The fourth-order valence-corrected chi connectivity index (χ4v) is 4.04. The molecule has 2 aromatic rings. The first-order chi connectivity index (χ1) is 14.1. The van der Waals surface area contributed by atoms with Crippen LogP contribution in [0.2, 0.25) is 0 Å². The summed E-state index contributed by atoms with van der Waals surface area (Å²) >= 11 is 0. The summed E-state index contributed by atoms with van der Waals surface area (Å²) in [6.07, 6.45) is -2.24. The number of carbonyl (C=O) groups is 2. The predicted octanol–water partition coefficient (Wildman–Crippen LogP) is 2.36. The summed E-state index contributed by atoms with van der Waals surface area (Å²) in [7, 11) is -4.35. The quantitative estimate of drug-likeness (QED) is 0.710. The van der Waals surface area contributed by atoms with Crippen molar-refractivity contribution in [2.75, 3.05) is 18.4 Å². The number of anilines is 1. The summed E-state index contributed by atoms with van der Waals surface area (Å²) < 4.78 is 67.0. The highest BCUT2D eigenvalue weighted by Crippen LogP contribution is 2.23. The van der Waals surface area contributed by atoms with E-state index in [1.807, 2.05) is 0 Å². The molecule has 2 heterocycles. The molecule has 0 saturated carbocycles. The van der Waals surface area contributed by atoms with E-state index in [0.29, 0.717) is 19.4 Å². The molecule has 2 amide bonds. The molecule has 1 fully saturated rings. The average Bonchev–Trinajstić information content (AvgIpc) is 3.38. The molecule has 1 aromatic carbocycles. The molecular formula is C18H18F3N3O5S. The lowest BCUT2D eigenvalue weighted by molar-refractivity contribution is -0.121. The summed E-state index contributed by atoms with van der Waals surface area (Å²) in [4.78, 5) is 26.1. The molecule has 162 valence electrons. The van der Waals surface area contributed by atoms with Crippen LogP contribution < -0.4 is 10.0 Å². The topological polar surface area (TPSA) is 109 Å². The predicted molar refractivity (Wildman–Crippen MR) is 99.1 cm³/mol. The summed E-state index contributed by atoms with van der Waals surface area (Å²) in [5, 5.41) is 2.59. The molecule has 30 heavy (non-hydrogen) atoms. The number of benzene rings is 1. The Bertz CT molecular complexity index is 1000. The fourth-order valence-electron chi connectivity index (χ4n) is 3.03. The smallest absolute Gasteiger partial charge is 0.402 e. The van der Waals surface area contributed by atoms with Crippen LogP contribution in [0.4, 0.5) is 18.9 Å². The van der Waals surface area contributed by atoms with Gasteiger partial charge in [0.15, 0.2) is 5.76 Å². The third-order valence-corrected chi connectivity index (χ3v) is 5.86. The number of carbonyl (C=O) groups excluding carboxylic acids is 2. The average molecular weight is 445 g/mol. The lowest BCUT2D eigenvalue weighted by Crippen LogP contribution is -2.43. The zero-order valence-corrected chi connectivity index (χ0v) is 16.3. The van der Waals surface area contributed by atoms with Gasteiger partial charge in [-0.25, -0.2) is 13.1 Å². The standard InChI is InChI=1S/C18H18F3N3O5S/c19-18(20,21)11-22-30(27,28)13-7-5-12(6-8-13)23-16(25)14-3-1-9-24(14)17(26)15-4-2-10-29-15/h2,4-8,10,14,22H,1,3,9,11H2,(H,23,25). The van der Waals surface area contributed by atoms with Gasteiger partial charge in [0.2, 0.25) is 15.9 Å². The molecule has 8 nitrogen and oxygen atoms in total. The van der Waals surface area contributed by atoms with Crippen LogP contribution in [0.3, 0.4) is 0 Å². The van der Waals surface area contributed by atoms with Gasteiger partial charge in [-0.15, -0.1) is 0 Å². The highest BCUT2D eigenvalue weighted by atomic mass is 32.2. The Morgan fingerprint density at radius 1 is 1.17 bits per heavy atom. The number of furan rings is 1. The first-order valence-electron chi connectivity index (χ1n) is 8.89. The van der Waals surface area contributed by atoms with E-state index in [9.17, 15) is 31.2 Å². The number of alkyl halides is 3. The van der Waals surface area contributed by atoms with Gasteiger partial charge in [-0.2, -0.15) is 13.2 Å². The number of sulfonamides is 1. The van der Waals surface area contributed by atoms with E-state index in [0.717, 1.165) is 12.1 Å². The molecule has 0 radical (unpaired) electrons. The molecule has 0 bridgehead atoms. The summed E-state index contributed by atoms with van der Waals surface area (Å²) in [5.74, 6) is -0.747. The lowest BCUT2D eigenvalue weighted by atomic mass is 10.2. The number of hydrogen-bond acceptors (Lipinski definition) is 5. The molecule has 0 aliphatic carbocycles. The van der Waals surface area contributed by atoms with Gasteiger partial charge in [0.1, 0.15) is 12.6 Å². The second-order valence-corrected chi connectivity index (χ2v) is 8.35. The molecule has 1 atom stereocenters. The van der Waals surface area contributed by atoms with Gasteiger partial charge in [0, 0.05) is 12.2 Å². The molecule has 1 unspecified atom stereocenters. The van der Waals surface area contributed by atoms with Gasteiger partial charge in [-0.1, -0.05) is 0 Å². The lowest BCUT2D eigenvalue weighted by Gasteiger charge is -2.23. The zero-order chi connectivity index (χ0) is 21.9. The van der Waals surface area contributed by atoms with E-state index in [2.05, 4.69) is 5.32 Å². The van der Waals surface area contributed by atoms with Crippen molar-refractivity contribution >= 4 is 27.5 Å². The van der Waals surface area contributed by atoms with Crippen LogP contribution in [-0.4, -0.2) is 50.4 Å². The van der Waals surface area contributed by atoms with Crippen molar-refractivity contribution in [2.24, 2.45) is 0 Å². The van der Waals surface area contributed by atoms with Gasteiger partial charge in [0.05, 0.1) is 11.2 Å².